The van der Waals surface area contributed by atoms with E-state index in [1.54, 1.807) is 7.11 Å². The van der Waals surface area contributed by atoms with Crippen LogP contribution < -0.4 is 5.32 Å². The van der Waals surface area contributed by atoms with E-state index in [-0.39, 0.29) is 0 Å². The normalized spacial score (nSPS) is 14.3. The summed E-state index contributed by atoms with van der Waals surface area (Å²) in [5.41, 5.74) is 5.27. The van der Waals surface area contributed by atoms with Gasteiger partial charge in [-0.25, -0.2) is 0 Å². The second kappa shape index (κ2) is 7.42. The van der Waals surface area contributed by atoms with Gasteiger partial charge in [0, 0.05) is 49.9 Å². The molecule has 3 nitrogen and oxygen atoms in total. The van der Waals surface area contributed by atoms with E-state index in [1.807, 2.05) is 0 Å². The SMILES string of the molecule is COCCCn1cc(CNC2CC2)c2ccc(-c3ccccc3)cc21. The van der Waals surface area contributed by atoms with E-state index in [2.05, 4.69) is 64.6 Å². The second-order valence-electron chi connectivity index (χ2n) is 6.95. The molecule has 1 fully saturated rings. The molecule has 3 aromatic rings. The van der Waals surface area contributed by atoms with Crippen LogP contribution in [0.2, 0.25) is 0 Å². The summed E-state index contributed by atoms with van der Waals surface area (Å²) < 4.78 is 7.63. The standard InChI is InChI=1S/C22H26N2O/c1-25-13-5-12-24-16-19(15-23-20-9-10-20)21-11-8-18(14-22(21)24)17-6-3-2-4-7-17/h2-4,6-8,11,14,16,20,23H,5,9-10,12-13,15H2,1H3. The number of rotatable bonds is 8. The molecule has 3 heteroatoms. The molecule has 2 aromatic carbocycles. The van der Waals surface area contributed by atoms with Crippen molar-refractivity contribution in [3.63, 3.8) is 0 Å². The molecular formula is C22H26N2O. The Labute approximate surface area is 149 Å². The molecule has 0 amide bonds. The number of fused-ring (bicyclic) bond motifs is 1. The number of aryl methyl sites for hydroxylation is 1. The lowest BCUT2D eigenvalue weighted by molar-refractivity contribution is 0.190. The highest BCUT2D eigenvalue weighted by atomic mass is 16.5. The first-order valence-corrected chi connectivity index (χ1v) is 9.24. The highest BCUT2D eigenvalue weighted by Crippen LogP contribution is 2.29. The van der Waals surface area contributed by atoms with Crippen molar-refractivity contribution in [2.24, 2.45) is 0 Å². The molecule has 0 unspecified atom stereocenters. The zero-order valence-electron chi connectivity index (χ0n) is 14.9. The third kappa shape index (κ3) is 3.78. The van der Waals surface area contributed by atoms with E-state index in [1.165, 1.54) is 40.4 Å². The van der Waals surface area contributed by atoms with Crippen molar-refractivity contribution in [3.05, 3.63) is 60.3 Å². The van der Waals surface area contributed by atoms with Gasteiger partial charge in [-0.1, -0.05) is 42.5 Å². The van der Waals surface area contributed by atoms with Crippen LogP contribution in [-0.2, 0) is 17.8 Å². The summed E-state index contributed by atoms with van der Waals surface area (Å²) in [4.78, 5) is 0. The zero-order chi connectivity index (χ0) is 17.1. The molecule has 0 saturated heterocycles. The third-order valence-corrected chi connectivity index (χ3v) is 4.98. The predicted octanol–water partition coefficient (Wildman–Crippen LogP) is 4.60. The molecular weight excluding hydrogens is 308 g/mol. The topological polar surface area (TPSA) is 26.2 Å². The summed E-state index contributed by atoms with van der Waals surface area (Å²) in [6.45, 7) is 2.75. The largest absolute Gasteiger partial charge is 0.385 e. The van der Waals surface area contributed by atoms with E-state index >= 15 is 0 Å². The van der Waals surface area contributed by atoms with Gasteiger partial charge in [-0.3, -0.25) is 0 Å². The van der Waals surface area contributed by atoms with Gasteiger partial charge in [0.15, 0.2) is 0 Å². The Morgan fingerprint density at radius 2 is 1.92 bits per heavy atom. The fourth-order valence-corrected chi connectivity index (χ4v) is 3.43. The first-order valence-electron chi connectivity index (χ1n) is 9.24. The highest BCUT2D eigenvalue weighted by Gasteiger charge is 2.21. The van der Waals surface area contributed by atoms with Crippen LogP contribution in [0.15, 0.2) is 54.7 Å². The first-order chi connectivity index (χ1) is 12.3. The van der Waals surface area contributed by atoms with Crippen LogP contribution in [0, 0.1) is 0 Å². The van der Waals surface area contributed by atoms with E-state index in [0.717, 1.165) is 32.2 Å². The monoisotopic (exact) mass is 334 g/mol. The molecule has 0 bridgehead atoms. The Bertz CT molecular complexity index is 834. The van der Waals surface area contributed by atoms with Crippen LogP contribution in [0.1, 0.15) is 24.8 Å². The zero-order valence-corrected chi connectivity index (χ0v) is 14.9. The molecule has 4 rings (SSSR count). The number of nitrogens with one attached hydrogen (secondary N) is 1. The average Bonchev–Trinajstić information content (AvgIpc) is 3.43. The summed E-state index contributed by atoms with van der Waals surface area (Å²) >= 11 is 0. The van der Waals surface area contributed by atoms with Gasteiger partial charge in [0.05, 0.1) is 0 Å². The van der Waals surface area contributed by atoms with Crippen LogP contribution in [-0.4, -0.2) is 24.3 Å². The summed E-state index contributed by atoms with van der Waals surface area (Å²) in [5, 5.41) is 5.02. The molecule has 1 saturated carbocycles. The van der Waals surface area contributed by atoms with Crippen molar-refractivity contribution in [2.75, 3.05) is 13.7 Å². The lowest BCUT2D eigenvalue weighted by Crippen LogP contribution is -2.14. The average molecular weight is 334 g/mol. The third-order valence-electron chi connectivity index (χ3n) is 4.98. The lowest BCUT2D eigenvalue weighted by atomic mass is 10.0. The molecule has 0 aliphatic heterocycles. The van der Waals surface area contributed by atoms with Crippen molar-refractivity contribution in [1.29, 1.82) is 0 Å². The predicted molar refractivity (Wildman–Crippen MR) is 104 cm³/mol. The van der Waals surface area contributed by atoms with Crippen LogP contribution in [0.25, 0.3) is 22.0 Å². The quantitative estimate of drug-likeness (QED) is 0.610. The van der Waals surface area contributed by atoms with Crippen molar-refractivity contribution < 1.29 is 4.74 Å². The summed E-state index contributed by atoms with van der Waals surface area (Å²) in [6, 6.07) is 18.2. The van der Waals surface area contributed by atoms with E-state index in [9.17, 15) is 0 Å². The van der Waals surface area contributed by atoms with Crippen LogP contribution in [0.3, 0.4) is 0 Å². The van der Waals surface area contributed by atoms with Gasteiger partial charge in [0.25, 0.3) is 0 Å². The van der Waals surface area contributed by atoms with E-state index < -0.39 is 0 Å². The number of aromatic nitrogens is 1. The molecule has 1 N–H and O–H groups in total. The summed E-state index contributed by atoms with van der Waals surface area (Å²) in [6.07, 6.45) is 6.01. The second-order valence-corrected chi connectivity index (χ2v) is 6.95. The van der Waals surface area contributed by atoms with Crippen LogP contribution in [0.5, 0.6) is 0 Å². The van der Waals surface area contributed by atoms with Gasteiger partial charge in [0.2, 0.25) is 0 Å². The molecule has 130 valence electrons. The Morgan fingerprint density at radius 3 is 2.68 bits per heavy atom. The number of benzene rings is 2. The minimum atomic E-state index is 0.732. The number of ether oxygens (including phenoxy) is 1. The maximum atomic E-state index is 5.24. The molecule has 25 heavy (non-hydrogen) atoms. The summed E-state index contributed by atoms with van der Waals surface area (Å²) in [5.74, 6) is 0. The van der Waals surface area contributed by atoms with Crippen molar-refractivity contribution in [1.82, 2.24) is 9.88 Å². The first kappa shape index (κ1) is 16.4. The molecule has 1 aliphatic rings. The number of methoxy groups -OCH3 is 1. The minimum Gasteiger partial charge on any atom is -0.385 e. The highest BCUT2D eigenvalue weighted by molar-refractivity contribution is 5.88. The number of hydrogen-bond acceptors (Lipinski definition) is 2. The number of hydrogen-bond donors (Lipinski definition) is 1. The molecule has 1 heterocycles. The van der Waals surface area contributed by atoms with E-state index in [4.69, 9.17) is 4.74 Å². The summed E-state index contributed by atoms with van der Waals surface area (Å²) in [7, 11) is 1.77. The molecule has 0 atom stereocenters. The fourth-order valence-electron chi connectivity index (χ4n) is 3.43. The smallest absolute Gasteiger partial charge is 0.0489 e. The number of nitrogens with zero attached hydrogens (tertiary/aromatic N) is 1. The van der Waals surface area contributed by atoms with Crippen LogP contribution >= 0.6 is 0 Å². The maximum absolute atomic E-state index is 5.24. The maximum Gasteiger partial charge on any atom is 0.0489 e. The van der Waals surface area contributed by atoms with Gasteiger partial charge in [-0.05, 0) is 42.0 Å². The molecule has 0 spiro atoms. The van der Waals surface area contributed by atoms with Crippen LogP contribution in [0.4, 0.5) is 0 Å². The Balaban J connectivity index is 1.68. The Hall–Kier alpha value is -2.10. The Kier molecular flexibility index (Phi) is 4.86. The molecule has 0 radical (unpaired) electrons. The molecule has 1 aromatic heterocycles. The van der Waals surface area contributed by atoms with Gasteiger partial charge in [-0.2, -0.15) is 0 Å². The molecule has 1 aliphatic carbocycles. The van der Waals surface area contributed by atoms with Gasteiger partial charge >= 0.3 is 0 Å². The van der Waals surface area contributed by atoms with Crippen molar-refractivity contribution in [3.8, 4) is 11.1 Å². The van der Waals surface area contributed by atoms with Crippen molar-refractivity contribution >= 4 is 10.9 Å². The Morgan fingerprint density at radius 1 is 1.08 bits per heavy atom. The van der Waals surface area contributed by atoms with Gasteiger partial charge in [0.1, 0.15) is 0 Å². The minimum absolute atomic E-state index is 0.732. The van der Waals surface area contributed by atoms with E-state index in [0.29, 0.717) is 0 Å². The van der Waals surface area contributed by atoms with Gasteiger partial charge in [-0.15, -0.1) is 0 Å². The lowest BCUT2D eigenvalue weighted by Gasteiger charge is -2.07. The van der Waals surface area contributed by atoms with Gasteiger partial charge < -0.3 is 14.6 Å². The fraction of sp³-hybridized carbons (Fsp3) is 0.364. The van der Waals surface area contributed by atoms with Crippen molar-refractivity contribution in [2.45, 2.75) is 38.4 Å².